The molecule has 5 fully saturated rings. The van der Waals surface area contributed by atoms with Gasteiger partial charge in [-0.1, -0.05) is 17.8 Å². The number of ether oxygens (including phenoxy) is 2. The molecule has 1 aromatic rings. The van der Waals surface area contributed by atoms with Gasteiger partial charge in [-0.3, -0.25) is 15.0 Å². The van der Waals surface area contributed by atoms with Crippen molar-refractivity contribution in [3.8, 4) is 11.5 Å². The van der Waals surface area contributed by atoms with E-state index in [0.29, 0.717) is 38.3 Å². The molecule has 0 atom stereocenters. The fraction of sp³-hybridized carbons (Fsp3) is 0.500. The Morgan fingerprint density at radius 3 is 2.44 bits per heavy atom. The molecule has 0 spiro atoms. The van der Waals surface area contributed by atoms with E-state index in [4.69, 9.17) is 26.8 Å². The van der Waals surface area contributed by atoms with Crippen LogP contribution >= 0.6 is 24.0 Å². The highest BCUT2D eigenvalue weighted by Gasteiger charge is 2.55. The van der Waals surface area contributed by atoms with Gasteiger partial charge in [0.1, 0.15) is 0 Å². The highest BCUT2D eigenvalue weighted by atomic mass is 32.2. The molecule has 10 heteroatoms. The van der Waals surface area contributed by atoms with Crippen LogP contribution in [-0.4, -0.2) is 45.9 Å². The monoisotopic (exact) mass is 502 g/mol. The summed E-state index contributed by atoms with van der Waals surface area (Å²) < 4.78 is 10.8. The second-order valence-electron chi connectivity index (χ2n) is 9.75. The van der Waals surface area contributed by atoms with Gasteiger partial charge in [-0.2, -0.15) is 5.01 Å². The smallest absolute Gasteiger partial charge is 0.341 e. The Morgan fingerprint density at radius 2 is 1.85 bits per heavy atom. The Hall–Kier alpha value is -2.59. The summed E-state index contributed by atoms with van der Waals surface area (Å²) in [5, 5.41) is 10.0. The molecule has 4 aliphatic carbocycles. The number of carboxylic acid groups (broad SMARTS) is 1. The molecule has 2 amide bonds. The van der Waals surface area contributed by atoms with E-state index >= 15 is 0 Å². The first kappa shape index (κ1) is 23.2. The molecule has 4 saturated carbocycles. The summed E-state index contributed by atoms with van der Waals surface area (Å²) in [6.45, 7) is -0.488. The van der Waals surface area contributed by atoms with Crippen molar-refractivity contribution < 1.29 is 29.0 Å². The molecule has 34 heavy (non-hydrogen) atoms. The SMILES string of the molecule is COc1cc(/C=C2/SC(=S)N(NC(=O)C34CC5CC(CC(C5)C3)C4)C2=O)ccc1OCC(=O)O. The Kier molecular flexibility index (Phi) is 6.05. The summed E-state index contributed by atoms with van der Waals surface area (Å²) >= 11 is 6.54. The third-order valence-corrected chi connectivity index (χ3v) is 8.67. The van der Waals surface area contributed by atoms with Crippen molar-refractivity contribution >= 4 is 52.2 Å². The standard InChI is InChI=1S/C24H26N2O6S2/c1-31-18-7-13(2-3-17(18)32-12-20(27)28)8-19-21(29)26(23(33)34-19)25-22(30)24-9-14-4-15(10-24)6-16(5-14)11-24/h2-3,7-8,14-16H,4-6,9-12H2,1H3,(H,25,30)(H,27,28)/b19-8+. The highest BCUT2D eigenvalue weighted by Crippen LogP contribution is 2.60. The van der Waals surface area contributed by atoms with Gasteiger partial charge < -0.3 is 14.6 Å². The van der Waals surface area contributed by atoms with Crippen molar-refractivity contribution in [2.45, 2.75) is 38.5 Å². The van der Waals surface area contributed by atoms with E-state index in [9.17, 15) is 14.4 Å². The highest BCUT2D eigenvalue weighted by molar-refractivity contribution is 8.26. The molecule has 8 nitrogen and oxygen atoms in total. The molecule has 1 saturated heterocycles. The van der Waals surface area contributed by atoms with Crippen LogP contribution in [0.4, 0.5) is 0 Å². The molecule has 0 radical (unpaired) electrons. The van der Waals surface area contributed by atoms with E-state index < -0.39 is 12.6 Å². The molecule has 1 heterocycles. The van der Waals surface area contributed by atoms with Gasteiger partial charge in [-0.15, -0.1) is 0 Å². The molecule has 0 unspecified atom stereocenters. The number of rotatable bonds is 7. The first-order valence-electron chi connectivity index (χ1n) is 11.4. The zero-order valence-corrected chi connectivity index (χ0v) is 20.4. The van der Waals surface area contributed by atoms with E-state index in [2.05, 4.69) is 5.43 Å². The lowest BCUT2D eigenvalue weighted by atomic mass is 9.49. The van der Waals surface area contributed by atoms with Crippen molar-refractivity contribution in [1.29, 1.82) is 0 Å². The van der Waals surface area contributed by atoms with Crippen molar-refractivity contribution in [3.63, 3.8) is 0 Å². The van der Waals surface area contributed by atoms with Crippen LogP contribution < -0.4 is 14.9 Å². The van der Waals surface area contributed by atoms with E-state index in [0.717, 1.165) is 31.0 Å². The van der Waals surface area contributed by atoms with Crippen LogP contribution in [0.5, 0.6) is 11.5 Å². The summed E-state index contributed by atoms with van der Waals surface area (Å²) in [6, 6.07) is 4.93. The lowest BCUT2D eigenvalue weighted by Crippen LogP contribution is -2.57. The maximum Gasteiger partial charge on any atom is 0.341 e. The molecular weight excluding hydrogens is 476 g/mol. The number of amides is 2. The number of hydrazine groups is 1. The summed E-state index contributed by atoms with van der Waals surface area (Å²) in [6.07, 6.45) is 8.10. The number of carbonyl (C=O) groups is 3. The van der Waals surface area contributed by atoms with Gasteiger partial charge in [0.05, 0.1) is 17.4 Å². The minimum Gasteiger partial charge on any atom is -0.493 e. The number of nitrogens with one attached hydrogen (secondary N) is 1. The third-order valence-electron chi connectivity index (χ3n) is 7.36. The van der Waals surface area contributed by atoms with Crippen LogP contribution in [0.2, 0.25) is 0 Å². The Labute approximate surface area is 207 Å². The predicted molar refractivity (Wildman–Crippen MR) is 130 cm³/mol. The molecule has 5 aliphatic rings. The molecule has 180 valence electrons. The largest absolute Gasteiger partial charge is 0.493 e. The van der Waals surface area contributed by atoms with Crippen molar-refractivity contribution in [2.24, 2.45) is 23.2 Å². The summed E-state index contributed by atoms with van der Waals surface area (Å²) in [5.41, 5.74) is 3.14. The maximum absolute atomic E-state index is 13.4. The number of methoxy groups -OCH3 is 1. The van der Waals surface area contributed by atoms with Gasteiger partial charge in [-0.05, 0) is 92.3 Å². The van der Waals surface area contributed by atoms with Gasteiger partial charge in [-0.25, -0.2) is 4.79 Å². The Morgan fingerprint density at radius 1 is 1.21 bits per heavy atom. The number of carbonyl (C=O) groups excluding carboxylic acids is 2. The fourth-order valence-corrected chi connectivity index (χ4v) is 7.54. The van der Waals surface area contributed by atoms with Crippen LogP contribution in [0.25, 0.3) is 6.08 Å². The number of hydrogen-bond donors (Lipinski definition) is 2. The van der Waals surface area contributed by atoms with E-state index in [1.807, 2.05) is 0 Å². The normalized spacial score (nSPS) is 30.7. The molecular formula is C24H26N2O6S2. The summed E-state index contributed by atoms with van der Waals surface area (Å²) in [4.78, 5) is 37.6. The minimum atomic E-state index is -1.09. The average Bonchev–Trinajstić information content (AvgIpc) is 3.04. The fourth-order valence-electron chi connectivity index (χ4n) is 6.36. The summed E-state index contributed by atoms with van der Waals surface area (Å²) in [5.74, 6) is 0.980. The van der Waals surface area contributed by atoms with Gasteiger partial charge in [0.2, 0.25) is 5.91 Å². The summed E-state index contributed by atoms with van der Waals surface area (Å²) in [7, 11) is 1.45. The first-order valence-corrected chi connectivity index (χ1v) is 12.6. The van der Waals surface area contributed by atoms with E-state index in [1.54, 1.807) is 24.3 Å². The van der Waals surface area contributed by atoms with E-state index in [1.165, 1.54) is 31.4 Å². The topological polar surface area (TPSA) is 105 Å². The number of thioether (sulfide) groups is 1. The quantitative estimate of drug-likeness (QED) is 0.430. The number of thiocarbonyl (C=S) groups is 1. The molecule has 1 aromatic carbocycles. The van der Waals surface area contributed by atoms with Crippen molar-refractivity contribution in [3.05, 3.63) is 28.7 Å². The molecule has 1 aliphatic heterocycles. The molecule has 4 bridgehead atoms. The number of benzene rings is 1. The van der Waals surface area contributed by atoms with Crippen LogP contribution in [0.3, 0.4) is 0 Å². The van der Waals surface area contributed by atoms with Gasteiger partial charge >= 0.3 is 5.97 Å². The second kappa shape index (κ2) is 8.88. The lowest BCUT2D eigenvalue weighted by molar-refractivity contribution is -0.152. The third kappa shape index (κ3) is 4.29. The van der Waals surface area contributed by atoms with Crippen LogP contribution in [0.15, 0.2) is 23.1 Å². The van der Waals surface area contributed by atoms with Gasteiger partial charge in [0.15, 0.2) is 22.4 Å². The lowest BCUT2D eigenvalue weighted by Gasteiger charge is -2.55. The number of hydrogen-bond acceptors (Lipinski definition) is 7. The Bertz CT molecular complexity index is 1070. The number of carboxylic acids is 1. The van der Waals surface area contributed by atoms with Crippen LogP contribution in [-0.2, 0) is 14.4 Å². The van der Waals surface area contributed by atoms with Crippen LogP contribution in [0.1, 0.15) is 44.1 Å². The van der Waals surface area contributed by atoms with Crippen LogP contribution in [0, 0.1) is 23.2 Å². The minimum absolute atomic E-state index is 0.0780. The second-order valence-corrected chi connectivity index (χ2v) is 11.4. The number of nitrogens with zero attached hydrogens (tertiary/aromatic N) is 1. The zero-order valence-electron chi connectivity index (χ0n) is 18.7. The Balaban J connectivity index is 1.30. The van der Waals surface area contributed by atoms with Crippen molar-refractivity contribution in [1.82, 2.24) is 10.4 Å². The number of aliphatic carboxylic acids is 1. The maximum atomic E-state index is 13.4. The predicted octanol–water partition coefficient (Wildman–Crippen LogP) is 3.61. The first-order chi connectivity index (χ1) is 16.3. The molecule has 2 N–H and O–H groups in total. The van der Waals surface area contributed by atoms with E-state index in [-0.39, 0.29) is 23.0 Å². The zero-order chi connectivity index (χ0) is 24.0. The van der Waals surface area contributed by atoms with Crippen molar-refractivity contribution in [2.75, 3.05) is 13.7 Å². The average molecular weight is 503 g/mol. The molecule has 0 aromatic heterocycles. The van der Waals surface area contributed by atoms with Gasteiger partial charge in [0, 0.05) is 0 Å². The van der Waals surface area contributed by atoms with Gasteiger partial charge in [0.25, 0.3) is 5.91 Å². The molecule has 6 rings (SSSR count).